The van der Waals surface area contributed by atoms with E-state index in [9.17, 15) is 24.0 Å². The Labute approximate surface area is 397 Å². The number of aromatic nitrogens is 4. The highest BCUT2D eigenvalue weighted by Crippen LogP contribution is 2.36. The molecule has 2 atom stereocenters. The Hall–Kier alpha value is -6.67. The van der Waals surface area contributed by atoms with Crippen LogP contribution < -0.4 is 15.8 Å². The number of fused-ring (bicyclic) bond motifs is 2. The van der Waals surface area contributed by atoms with Gasteiger partial charge in [0.25, 0.3) is 5.91 Å². The van der Waals surface area contributed by atoms with Gasteiger partial charge in [-0.15, -0.1) is 11.8 Å². The van der Waals surface area contributed by atoms with E-state index >= 15 is 0 Å². The van der Waals surface area contributed by atoms with Crippen LogP contribution in [0.5, 0.6) is 11.5 Å². The van der Waals surface area contributed by atoms with Crippen molar-refractivity contribution in [1.29, 1.82) is 0 Å². The zero-order valence-corrected chi connectivity index (χ0v) is 38.5. The molecule has 3 N–H and O–H groups in total. The molecule has 0 aliphatic carbocycles. The molecule has 18 nitrogen and oxygen atoms in total. The van der Waals surface area contributed by atoms with Gasteiger partial charge in [-0.05, 0) is 73.4 Å². The van der Waals surface area contributed by atoms with Crippen molar-refractivity contribution in [2.45, 2.75) is 49.2 Å². The fourth-order valence-corrected chi connectivity index (χ4v) is 10.0. The summed E-state index contributed by atoms with van der Waals surface area (Å²) in [7, 11) is 0. The van der Waals surface area contributed by atoms with Gasteiger partial charge in [0.2, 0.25) is 23.6 Å². The van der Waals surface area contributed by atoms with Gasteiger partial charge in [0.15, 0.2) is 5.65 Å². The number of nitrogen functional groups attached to an aromatic ring is 1. The molecule has 354 valence electrons. The largest absolute Gasteiger partial charge is 0.457 e. The lowest BCUT2D eigenvalue weighted by atomic mass is 10.0. The maximum Gasteiger partial charge on any atom is 0.255 e. The average molecular weight is 943 g/mol. The zero-order chi connectivity index (χ0) is 47.0. The molecule has 3 aromatic carbocycles. The number of rotatable bonds is 17. The summed E-state index contributed by atoms with van der Waals surface area (Å²) >= 11 is 1.58. The average Bonchev–Trinajstić information content (AvgIpc) is 3.92. The summed E-state index contributed by atoms with van der Waals surface area (Å²) in [4.78, 5) is 80.8. The number of anilines is 1. The molecule has 19 heteroatoms. The van der Waals surface area contributed by atoms with Crippen LogP contribution in [-0.4, -0.2) is 153 Å². The highest BCUT2D eigenvalue weighted by molar-refractivity contribution is 7.99. The fraction of sp³-hybridized carbons (Fsp3) is 0.388. The molecule has 0 bridgehead atoms. The number of carbonyl (C=O) groups is 5. The Morgan fingerprint density at radius 2 is 1.65 bits per heavy atom. The minimum absolute atomic E-state index is 0.0229. The standard InChI is InChI=1S/C49H54N10O8S/c50-46-44-45(33-13-15-36(16-14-33)67-35-8-2-1-3-9-35)54-59(47(44)52-32-51-46)34-7-5-20-57(29-34)42(61)12-6-19-55-21-23-56(24-22-55)43(62)31-66-26-25-65-27-28-68-40-11-4-10-37-38(40)30-58(49(37)64)39-17-18-41(60)53-48(39)63/h1-4,6,8-16,32,34,39H,5,7,17-31H2,(H2,50,51,52)(H,53,60,63)/b12-6+/t34-,39?/m1/s1. The molecule has 4 aliphatic heterocycles. The summed E-state index contributed by atoms with van der Waals surface area (Å²) in [6.07, 6.45) is 7.18. The maximum absolute atomic E-state index is 13.5. The molecule has 1 unspecified atom stereocenters. The first-order chi connectivity index (χ1) is 33.2. The van der Waals surface area contributed by atoms with E-state index < -0.39 is 11.9 Å². The molecule has 9 rings (SSSR count). The summed E-state index contributed by atoms with van der Waals surface area (Å²) in [6, 6.07) is 22.1. The Morgan fingerprint density at radius 1 is 0.853 bits per heavy atom. The van der Waals surface area contributed by atoms with Crippen molar-refractivity contribution in [2.75, 3.05) is 83.7 Å². The highest BCUT2D eigenvalue weighted by Gasteiger charge is 2.40. The van der Waals surface area contributed by atoms with Crippen molar-refractivity contribution in [3.05, 3.63) is 102 Å². The lowest BCUT2D eigenvalue weighted by Crippen LogP contribution is -2.52. The van der Waals surface area contributed by atoms with Gasteiger partial charge in [-0.1, -0.05) is 30.3 Å². The lowest BCUT2D eigenvalue weighted by Gasteiger charge is -2.34. The van der Waals surface area contributed by atoms with E-state index in [1.807, 2.05) is 82.4 Å². The van der Waals surface area contributed by atoms with E-state index in [1.165, 1.54) is 6.33 Å². The van der Waals surface area contributed by atoms with Crippen molar-refractivity contribution < 1.29 is 38.2 Å². The number of nitrogens with one attached hydrogen (secondary N) is 1. The molecule has 3 saturated heterocycles. The first-order valence-electron chi connectivity index (χ1n) is 23.0. The molecule has 0 spiro atoms. The van der Waals surface area contributed by atoms with Crippen molar-refractivity contribution >= 4 is 58.1 Å². The number of hydrogen-bond acceptors (Lipinski definition) is 14. The number of ether oxygens (including phenoxy) is 3. The van der Waals surface area contributed by atoms with Crippen LogP contribution in [-0.2, 0) is 35.2 Å². The number of para-hydroxylation sites is 1. The van der Waals surface area contributed by atoms with Crippen LogP contribution in [0.4, 0.5) is 5.82 Å². The number of piperidine rings is 2. The van der Waals surface area contributed by atoms with Crippen LogP contribution in [0, 0.1) is 0 Å². The highest BCUT2D eigenvalue weighted by atomic mass is 32.2. The van der Waals surface area contributed by atoms with Gasteiger partial charge >= 0.3 is 0 Å². The summed E-state index contributed by atoms with van der Waals surface area (Å²) < 4.78 is 19.3. The van der Waals surface area contributed by atoms with E-state index in [1.54, 1.807) is 33.7 Å². The molecule has 0 saturated carbocycles. The number of benzene rings is 3. The minimum Gasteiger partial charge on any atom is -0.457 e. The molecular weight excluding hydrogens is 889 g/mol. The van der Waals surface area contributed by atoms with Crippen molar-refractivity contribution in [3.8, 4) is 22.8 Å². The normalized spacial score (nSPS) is 18.9. The second-order valence-electron chi connectivity index (χ2n) is 17.0. The van der Waals surface area contributed by atoms with Gasteiger partial charge in [-0.2, -0.15) is 5.10 Å². The molecule has 3 fully saturated rings. The van der Waals surface area contributed by atoms with E-state index in [2.05, 4.69) is 20.2 Å². The number of nitrogens with two attached hydrogens (primary N) is 1. The first-order valence-corrected chi connectivity index (χ1v) is 24.0. The number of hydrogen-bond donors (Lipinski definition) is 2. The fourth-order valence-electron chi connectivity index (χ4n) is 9.07. The molecule has 4 aliphatic rings. The maximum atomic E-state index is 13.5. The third kappa shape index (κ3) is 10.7. The van der Waals surface area contributed by atoms with E-state index in [0.717, 1.165) is 34.6 Å². The summed E-state index contributed by atoms with van der Waals surface area (Å²) in [5.74, 6) is 1.38. The molecule has 5 amide bonds. The Morgan fingerprint density at radius 3 is 2.46 bits per heavy atom. The van der Waals surface area contributed by atoms with Crippen molar-refractivity contribution in [2.24, 2.45) is 0 Å². The van der Waals surface area contributed by atoms with Gasteiger partial charge < -0.3 is 34.6 Å². The summed E-state index contributed by atoms with van der Waals surface area (Å²) in [5.41, 5.74) is 10.0. The van der Waals surface area contributed by atoms with Gasteiger partial charge in [0.1, 0.15) is 42.0 Å². The summed E-state index contributed by atoms with van der Waals surface area (Å²) in [6.45, 7) is 5.63. The number of nitrogens with zero attached hydrogens (tertiary/aromatic N) is 8. The van der Waals surface area contributed by atoms with Crippen LogP contribution in [0.25, 0.3) is 22.3 Å². The molecule has 6 heterocycles. The lowest BCUT2D eigenvalue weighted by molar-refractivity contribution is -0.138. The number of carbonyl (C=O) groups excluding carboxylic acids is 5. The molecule has 5 aromatic rings. The monoisotopic (exact) mass is 942 g/mol. The predicted molar refractivity (Wildman–Crippen MR) is 254 cm³/mol. The second-order valence-corrected chi connectivity index (χ2v) is 18.2. The zero-order valence-electron chi connectivity index (χ0n) is 37.7. The van der Waals surface area contributed by atoms with E-state index in [-0.39, 0.29) is 49.3 Å². The quantitative estimate of drug-likeness (QED) is 0.0577. The first kappa shape index (κ1) is 46.4. The number of piperazine rings is 1. The van der Waals surface area contributed by atoms with Gasteiger partial charge in [0, 0.05) is 86.6 Å². The predicted octanol–water partition coefficient (Wildman–Crippen LogP) is 4.32. The van der Waals surface area contributed by atoms with Gasteiger partial charge in [-0.3, -0.25) is 34.2 Å². The van der Waals surface area contributed by atoms with E-state index in [4.69, 9.17) is 25.0 Å². The molecule has 0 radical (unpaired) electrons. The second kappa shape index (κ2) is 21.5. The van der Waals surface area contributed by atoms with Crippen LogP contribution in [0.2, 0.25) is 0 Å². The number of imide groups is 1. The topological polar surface area (TPSA) is 208 Å². The molecular formula is C49H54N10O8S. The number of amides is 5. The third-order valence-corrected chi connectivity index (χ3v) is 13.7. The van der Waals surface area contributed by atoms with Crippen LogP contribution in [0.1, 0.15) is 47.6 Å². The Bertz CT molecular complexity index is 2670. The smallest absolute Gasteiger partial charge is 0.255 e. The third-order valence-electron chi connectivity index (χ3n) is 12.6. The number of thioether (sulfide) groups is 1. The molecule has 68 heavy (non-hydrogen) atoms. The van der Waals surface area contributed by atoms with Crippen LogP contribution in [0.15, 0.2) is 96.2 Å². The van der Waals surface area contributed by atoms with E-state index in [0.29, 0.717) is 112 Å². The Kier molecular flexibility index (Phi) is 14.7. The Balaban J connectivity index is 0.670. The SMILES string of the molecule is Nc1ncnc2c1c(-c1ccc(Oc3ccccc3)cc1)nn2[C@@H]1CCCN(C(=O)/C=C/CN2CCN(C(=O)COCCOCCSc3cccc4c3CN(C3CCC(=O)NC3=O)C4=O)CC2)C1. The van der Waals surface area contributed by atoms with Crippen LogP contribution in [0.3, 0.4) is 0 Å². The number of likely N-dealkylation sites (tertiary alicyclic amines) is 1. The van der Waals surface area contributed by atoms with Gasteiger partial charge in [-0.25, -0.2) is 14.6 Å². The van der Waals surface area contributed by atoms with Crippen molar-refractivity contribution in [3.63, 3.8) is 0 Å². The van der Waals surface area contributed by atoms with Crippen molar-refractivity contribution in [1.82, 2.24) is 44.7 Å². The summed E-state index contributed by atoms with van der Waals surface area (Å²) in [5, 5.41) is 8.04. The van der Waals surface area contributed by atoms with Crippen LogP contribution >= 0.6 is 11.8 Å². The molecule has 2 aromatic heterocycles. The minimum atomic E-state index is -0.651. The van der Waals surface area contributed by atoms with Gasteiger partial charge in [0.05, 0.1) is 31.2 Å².